The number of nitrogens with one attached hydrogen (secondary N) is 2. The summed E-state index contributed by atoms with van der Waals surface area (Å²) in [5, 5.41) is 4.86. The number of hydrogen-bond acceptors (Lipinski definition) is 4. The maximum Gasteiger partial charge on any atom is 0.351 e. The molecule has 1 aromatic carbocycles. The highest BCUT2D eigenvalue weighted by Crippen LogP contribution is 2.36. The lowest BCUT2D eigenvalue weighted by atomic mass is 10.2. The first-order valence-corrected chi connectivity index (χ1v) is 8.11. The Balaban J connectivity index is 2.34. The molecule has 0 unspecified atom stereocenters. The molecular weight excluding hydrogens is 391 g/mol. The Labute approximate surface area is 157 Å². The fraction of sp³-hybridized carbons (Fsp3) is 0.200. The van der Waals surface area contributed by atoms with Gasteiger partial charge in [0.1, 0.15) is 5.82 Å². The number of carbonyl (C=O) groups excluding carboxylic acids is 2. The van der Waals surface area contributed by atoms with E-state index in [2.05, 4.69) is 15.6 Å². The first-order chi connectivity index (χ1) is 11.7. The van der Waals surface area contributed by atoms with Gasteiger partial charge in [0, 0.05) is 18.7 Å². The molecule has 132 valence electrons. The molecule has 2 rings (SSSR count). The quantitative estimate of drug-likeness (QED) is 0.767. The zero-order valence-corrected chi connectivity index (χ0v) is 15.1. The summed E-state index contributed by atoms with van der Waals surface area (Å²) in [5.74, 6) is -0.874. The van der Waals surface area contributed by atoms with Crippen molar-refractivity contribution in [1.29, 1.82) is 0 Å². The van der Waals surface area contributed by atoms with Crippen molar-refractivity contribution in [2.24, 2.45) is 0 Å². The predicted octanol–water partition coefficient (Wildman–Crippen LogP) is 2.50. The molecule has 25 heavy (non-hydrogen) atoms. The molecule has 2 aromatic rings. The van der Waals surface area contributed by atoms with E-state index in [9.17, 15) is 14.4 Å². The summed E-state index contributed by atoms with van der Waals surface area (Å²) in [6, 6.07) is 9.60. The number of nitrogens with zero attached hydrogens (tertiary/aromatic N) is 2. The summed E-state index contributed by atoms with van der Waals surface area (Å²) < 4.78 is -1.06. The molecule has 0 bridgehead atoms. The number of anilines is 1. The number of halogens is 3. The van der Waals surface area contributed by atoms with Crippen LogP contribution in [0.25, 0.3) is 0 Å². The van der Waals surface area contributed by atoms with Crippen LogP contribution in [0.15, 0.2) is 47.4 Å². The maximum atomic E-state index is 12.3. The topological polar surface area (TPSA) is 93.1 Å². The Morgan fingerprint density at radius 2 is 1.80 bits per heavy atom. The fourth-order valence-electron chi connectivity index (χ4n) is 1.97. The Morgan fingerprint density at radius 3 is 2.32 bits per heavy atom. The summed E-state index contributed by atoms with van der Waals surface area (Å²) in [4.78, 5) is 39.2. The van der Waals surface area contributed by atoms with E-state index in [1.54, 1.807) is 30.3 Å². The van der Waals surface area contributed by atoms with Crippen LogP contribution in [-0.4, -0.2) is 25.2 Å². The van der Waals surface area contributed by atoms with Gasteiger partial charge in [0.2, 0.25) is 9.70 Å². The van der Waals surface area contributed by atoms with Crippen molar-refractivity contribution >= 4 is 52.4 Å². The van der Waals surface area contributed by atoms with Crippen molar-refractivity contribution in [3.05, 3.63) is 58.6 Å². The van der Waals surface area contributed by atoms with Crippen LogP contribution >= 0.6 is 34.8 Å². The smallest absolute Gasteiger partial charge is 0.328 e. The van der Waals surface area contributed by atoms with E-state index >= 15 is 0 Å². The van der Waals surface area contributed by atoms with Gasteiger partial charge in [0.05, 0.1) is 0 Å². The molecule has 0 radical (unpaired) electrons. The van der Waals surface area contributed by atoms with Crippen molar-refractivity contribution < 1.29 is 9.59 Å². The number of benzene rings is 1. The maximum absolute atomic E-state index is 12.3. The average molecular weight is 404 g/mol. The van der Waals surface area contributed by atoms with Gasteiger partial charge >= 0.3 is 5.69 Å². The molecule has 1 aromatic heterocycles. The zero-order valence-electron chi connectivity index (χ0n) is 12.9. The first kappa shape index (κ1) is 19.2. The molecule has 0 saturated carbocycles. The lowest BCUT2D eigenvalue weighted by Crippen LogP contribution is -2.45. The third-order valence-corrected chi connectivity index (χ3v) is 3.65. The normalized spacial score (nSPS) is 12.3. The number of alkyl halides is 3. The van der Waals surface area contributed by atoms with Gasteiger partial charge in [0.25, 0.3) is 5.91 Å². The lowest BCUT2D eigenvalue weighted by Gasteiger charge is -2.27. The molecule has 2 amide bonds. The van der Waals surface area contributed by atoms with Gasteiger partial charge in [-0.05, 0) is 18.2 Å². The van der Waals surface area contributed by atoms with Crippen molar-refractivity contribution in [2.75, 3.05) is 5.32 Å². The molecule has 0 fully saturated rings. The molecule has 1 atom stereocenters. The summed E-state index contributed by atoms with van der Waals surface area (Å²) in [6.07, 6.45) is -0.0464. The highest BCUT2D eigenvalue weighted by molar-refractivity contribution is 6.67. The predicted molar refractivity (Wildman–Crippen MR) is 96.0 cm³/mol. The molecule has 0 aliphatic heterocycles. The minimum atomic E-state index is -2.02. The van der Waals surface area contributed by atoms with Crippen molar-refractivity contribution in [2.45, 2.75) is 16.9 Å². The Morgan fingerprint density at radius 1 is 1.16 bits per heavy atom. The fourth-order valence-corrected chi connectivity index (χ4v) is 2.44. The summed E-state index contributed by atoms with van der Waals surface area (Å²) in [5.41, 5.74) is -0.478. The number of aromatic nitrogens is 2. The number of carbonyl (C=O) groups is 2. The third kappa shape index (κ3) is 5.19. The SMILES string of the molecule is CC(=O)Nc1ccn([C@@H](NC(=O)c2ccccc2)C(Cl)(Cl)Cl)c(=O)n1. The van der Waals surface area contributed by atoms with E-state index < -0.39 is 21.6 Å². The third-order valence-electron chi connectivity index (χ3n) is 3.03. The van der Waals surface area contributed by atoms with Crippen LogP contribution in [0.2, 0.25) is 0 Å². The van der Waals surface area contributed by atoms with Crippen LogP contribution in [0.1, 0.15) is 23.4 Å². The second-order valence-electron chi connectivity index (χ2n) is 4.97. The minimum absolute atomic E-state index is 0.0474. The molecule has 2 N–H and O–H groups in total. The molecule has 0 saturated heterocycles. The van der Waals surface area contributed by atoms with Crippen LogP contribution in [0.5, 0.6) is 0 Å². The van der Waals surface area contributed by atoms with E-state index in [-0.39, 0.29) is 11.7 Å². The van der Waals surface area contributed by atoms with E-state index in [0.29, 0.717) is 5.56 Å². The standard InChI is InChI=1S/C15H13Cl3N4O3/c1-9(23)19-11-7-8-22(14(25)20-11)13(15(16,17)18)21-12(24)10-5-3-2-4-6-10/h2-8,13H,1H3,(H,21,24)(H,19,20,23,25)/t13-/m1/s1. The Hall–Kier alpha value is -2.09. The largest absolute Gasteiger partial charge is 0.351 e. The highest BCUT2D eigenvalue weighted by Gasteiger charge is 2.36. The first-order valence-electron chi connectivity index (χ1n) is 6.98. The Kier molecular flexibility index (Phi) is 6.05. The van der Waals surface area contributed by atoms with Crippen LogP contribution < -0.4 is 16.3 Å². The second kappa shape index (κ2) is 7.86. The molecule has 7 nitrogen and oxygen atoms in total. The molecule has 1 heterocycles. The van der Waals surface area contributed by atoms with Gasteiger partial charge in [-0.25, -0.2) is 4.79 Å². The number of hydrogen-bond donors (Lipinski definition) is 2. The monoisotopic (exact) mass is 402 g/mol. The van der Waals surface area contributed by atoms with Gasteiger partial charge in [-0.1, -0.05) is 53.0 Å². The highest BCUT2D eigenvalue weighted by atomic mass is 35.6. The summed E-state index contributed by atoms with van der Waals surface area (Å²) >= 11 is 17.8. The van der Waals surface area contributed by atoms with Crippen LogP contribution in [0.4, 0.5) is 5.82 Å². The van der Waals surface area contributed by atoms with E-state index in [1.807, 2.05) is 0 Å². The van der Waals surface area contributed by atoms with E-state index in [0.717, 1.165) is 4.57 Å². The Bertz CT molecular complexity index is 834. The number of amides is 2. The number of rotatable bonds is 4. The van der Waals surface area contributed by atoms with Crippen molar-refractivity contribution in [1.82, 2.24) is 14.9 Å². The van der Waals surface area contributed by atoms with Crippen LogP contribution in [-0.2, 0) is 4.79 Å². The lowest BCUT2D eigenvalue weighted by molar-refractivity contribution is -0.114. The van der Waals surface area contributed by atoms with E-state index in [1.165, 1.54) is 19.2 Å². The molecular formula is C15H13Cl3N4O3. The minimum Gasteiger partial charge on any atom is -0.328 e. The summed E-state index contributed by atoms with van der Waals surface area (Å²) in [7, 11) is 0. The molecule has 0 aliphatic rings. The second-order valence-corrected chi connectivity index (χ2v) is 7.34. The van der Waals surface area contributed by atoms with Gasteiger partial charge < -0.3 is 10.6 Å². The van der Waals surface area contributed by atoms with Gasteiger partial charge in [0.15, 0.2) is 6.17 Å². The van der Waals surface area contributed by atoms with E-state index in [4.69, 9.17) is 34.8 Å². The van der Waals surface area contributed by atoms with Crippen molar-refractivity contribution in [3.8, 4) is 0 Å². The molecule has 0 spiro atoms. The average Bonchev–Trinajstić information content (AvgIpc) is 2.52. The zero-order chi connectivity index (χ0) is 18.6. The van der Waals surface area contributed by atoms with Gasteiger partial charge in [-0.2, -0.15) is 4.98 Å². The molecule has 0 aliphatic carbocycles. The summed E-state index contributed by atoms with van der Waals surface area (Å²) in [6.45, 7) is 1.28. The molecule has 10 heteroatoms. The van der Waals surface area contributed by atoms with Crippen LogP contribution in [0.3, 0.4) is 0 Å². The van der Waals surface area contributed by atoms with Crippen molar-refractivity contribution in [3.63, 3.8) is 0 Å². The van der Waals surface area contributed by atoms with Crippen LogP contribution in [0, 0.1) is 0 Å². The van der Waals surface area contributed by atoms with Gasteiger partial charge in [-0.15, -0.1) is 0 Å². The van der Waals surface area contributed by atoms with Gasteiger partial charge in [-0.3, -0.25) is 14.2 Å².